The molecule has 1 fully saturated rings. The van der Waals surface area contributed by atoms with E-state index in [1.807, 2.05) is 13.0 Å². The zero-order chi connectivity index (χ0) is 81.1. The summed E-state index contributed by atoms with van der Waals surface area (Å²) < 4.78 is 10.8. The summed E-state index contributed by atoms with van der Waals surface area (Å²) >= 11 is 0. The van der Waals surface area contributed by atoms with Crippen molar-refractivity contribution in [3.05, 3.63) is 360 Å². The maximum atomic E-state index is 5.00. The molecule has 16 rings (SSSR count). The first kappa shape index (κ1) is 82.1. The summed E-state index contributed by atoms with van der Waals surface area (Å²) in [6.07, 6.45) is 17.8. The van der Waals surface area contributed by atoms with Crippen LogP contribution >= 0.6 is 0 Å². The highest BCUT2D eigenvalue weighted by Gasteiger charge is 2.23. The van der Waals surface area contributed by atoms with Crippen molar-refractivity contribution < 1.29 is 22.8 Å². The third kappa shape index (κ3) is 21.1. The van der Waals surface area contributed by atoms with E-state index in [1.54, 1.807) is 0 Å². The van der Waals surface area contributed by atoms with Crippen molar-refractivity contribution in [3.8, 4) is 113 Å². The molecule has 10 nitrogen and oxygen atoms in total. The number of rotatable bonds is 15. The van der Waals surface area contributed by atoms with E-state index in [0.717, 1.165) is 86.3 Å². The molecule has 0 atom stereocenters. The maximum Gasteiger partial charge on any atom is 0.213 e. The van der Waals surface area contributed by atoms with Crippen LogP contribution in [0.4, 0.5) is 0 Å². The molecule has 5 aromatic carbocycles. The van der Waals surface area contributed by atoms with Gasteiger partial charge in [0.05, 0.1) is 28.5 Å². The van der Waals surface area contributed by atoms with Crippen molar-refractivity contribution in [2.75, 3.05) is 0 Å². The lowest BCUT2D eigenvalue weighted by molar-refractivity contribution is -0.660. The first-order valence-corrected chi connectivity index (χ1v) is 40.8. The molecule has 10 aromatic heterocycles. The molecule has 10 heteroatoms. The van der Waals surface area contributed by atoms with Gasteiger partial charge in [0, 0.05) is 151 Å². The fourth-order valence-corrected chi connectivity index (χ4v) is 15.0. The average Bonchev–Trinajstić information content (AvgIpc) is 1.11. The van der Waals surface area contributed by atoms with Gasteiger partial charge in [-0.15, -0.1) is 0 Å². The van der Waals surface area contributed by atoms with Gasteiger partial charge in [-0.3, -0.25) is 24.9 Å². The zero-order valence-electron chi connectivity index (χ0n) is 70.3. The molecule has 0 amide bonds. The van der Waals surface area contributed by atoms with Crippen molar-refractivity contribution in [2.24, 2.45) is 41.2 Å². The minimum atomic E-state index is 0.436. The van der Waals surface area contributed by atoms with Crippen LogP contribution in [0.2, 0.25) is 0 Å². The number of nitrogens with zero attached hydrogens (tertiary/aromatic N) is 10. The Morgan fingerprint density at radius 1 is 0.304 bits per heavy atom. The first-order chi connectivity index (χ1) is 55.7. The lowest BCUT2D eigenvalue weighted by Gasteiger charge is -2.11. The van der Waals surface area contributed by atoms with Crippen molar-refractivity contribution >= 4 is 0 Å². The molecule has 1 aliphatic rings. The highest BCUT2D eigenvalue weighted by molar-refractivity contribution is 5.73. The van der Waals surface area contributed by atoms with Gasteiger partial charge in [0.25, 0.3) is 0 Å². The Labute approximate surface area is 684 Å². The van der Waals surface area contributed by atoms with E-state index in [2.05, 4.69) is 430 Å². The third-order valence-corrected chi connectivity index (χ3v) is 21.7. The second-order valence-corrected chi connectivity index (χ2v) is 31.3. The van der Waals surface area contributed by atoms with Crippen LogP contribution in [0.1, 0.15) is 128 Å². The van der Waals surface area contributed by atoms with Crippen molar-refractivity contribution in [3.63, 3.8) is 0 Å². The normalized spacial score (nSPS) is 11.7. The SMILES string of the molecule is CCc1cccc(-c2cc[n+](C)c(-c3ccccc3C)c2)n1.Cc1cccc(-c2cc[n+](C)c(-c3ccccc3C)c2)n1.Cc1ccccc1-c1cc(-c2cccc(C(C)C)n2)cc[n+]1C.Cc1ccccc1-c1cc(-c2cccc(C3CCCC3)n2)cc[n+]1C.Cc1ccccc1-c1cc(-c2cccc(CC(C)C)n2)cc[n+]1C. The summed E-state index contributed by atoms with van der Waals surface area (Å²) in [5.74, 6) is 1.70. The lowest BCUT2D eigenvalue weighted by atomic mass is 10.0. The average molecular weight is 1520 g/mol. The summed E-state index contributed by atoms with van der Waals surface area (Å²) in [6, 6.07) is 95.9. The number of aromatic nitrogens is 10. The van der Waals surface area contributed by atoms with Crippen LogP contribution in [-0.4, -0.2) is 24.9 Å². The highest BCUT2D eigenvalue weighted by atomic mass is 14.9. The molecular weight excluding hydrogens is 1400 g/mol. The van der Waals surface area contributed by atoms with Gasteiger partial charge in [0.1, 0.15) is 35.2 Å². The van der Waals surface area contributed by atoms with E-state index in [4.69, 9.17) is 19.9 Å². The van der Waals surface area contributed by atoms with E-state index in [0.29, 0.717) is 17.8 Å². The van der Waals surface area contributed by atoms with Crippen LogP contribution in [0.3, 0.4) is 0 Å². The van der Waals surface area contributed by atoms with Gasteiger partial charge >= 0.3 is 0 Å². The van der Waals surface area contributed by atoms with E-state index in [-0.39, 0.29) is 0 Å². The van der Waals surface area contributed by atoms with E-state index < -0.39 is 0 Å². The molecule has 0 saturated heterocycles. The maximum absolute atomic E-state index is 5.00. The predicted molar refractivity (Wildman–Crippen MR) is 473 cm³/mol. The third-order valence-electron chi connectivity index (χ3n) is 21.7. The Hall–Kier alpha value is -12.4. The molecular formula is C105H113N10+5. The molecule has 10 heterocycles. The molecule has 0 unspecified atom stereocenters. The van der Waals surface area contributed by atoms with E-state index in [9.17, 15) is 0 Å². The topological polar surface area (TPSA) is 83.8 Å². The van der Waals surface area contributed by atoms with Crippen molar-refractivity contribution in [1.82, 2.24) is 24.9 Å². The van der Waals surface area contributed by atoms with Crippen LogP contribution in [0.15, 0.2) is 304 Å². The van der Waals surface area contributed by atoms with Gasteiger partial charge in [-0.2, -0.15) is 0 Å². The first-order valence-electron chi connectivity index (χ1n) is 40.8. The van der Waals surface area contributed by atoms with Crippen molar-refractivity contribution in [2.45, 2.75) is 127 Å². The Kier molecular flexibility index (Phi) is 27.8. The van der Waals surface area contributed by atoms with Crippen LogP contribution < -0.4 is 22.8 Å². The smallest absolute Gasteiger partial charge is 0.213 e. The van der Waals surface area contributed by atoms with Crippen LogP contribution in [0.25, 0.3) is 113 Å². The van der Waals surface area contributed by atoms with Gasteiger partial charge < -0.3 is 0 Å². The monoisotopic (exact) mass is 1510 g/mol. The predicted octanol–water partition coefficient (Wildman–Crippen LogP) is 22.6. The highest BCUT2D eigenvalue weighted by Crippen LogP contribution is 2.36. The van der Waals surface area contributed by atoms with Crippen LogP contribution in [-0.2, 0) is 48.1 Å². The molecule has 0 radical (unpaired) electrons. The minimum absolute atomic E-state index is 0.436. The van der Waals surface area contributed by atoms with Crippen LogP contribution in [0, 0.1) is 47.5 Å². The minimum Gasteiger partial charge on any atom is -0.253 e. The largest absolute Gasteiger partial charge is 0.253 e. The molecule has 15 aromatic rings. The fourth-order valence-electron chi connectivity index (χ4n) is 15.0. The summed E-state index contributed by atoms with van der Waals surface area (Å²) in [5.41, 5.74) is 35.6. The second kappa shape index (κ2) is 38.9. The van der Waals surface area contributed by atoms with Gasteiger partial charge in [0.15, 0.2) is 31.0 Å². The van der Waals surface area contributed by atoms with Crippen molar-refractivity contribution in [1.29, 1.82) is 0 Å². The summed E-state index contributed by atoms with van der Waals surface area (Å²) in [4.78, 5) is 24.0. The molecule has 0 N–H and O–H groups in total. The Bertz CT molecular complexity index is 5830. The molecule has 1 aliphatic carbocycles. The number of benzene rings is 5. The molecule has 0 aliphatic heterocycles. The molecule has 115 heavy (non-hydrogen) atoms. The van der Waals surface area contributed by atoms with Gasteiger partial charge in [0.2, 0.25) is 28.5 Å². The summed E-state index contributed by atoms with van der Waals surface area (Å²) in [5, 5.41) is 0. The molecule has 0 bridgehead atoms. The summed E-state index contributed by atoms with van der Waals surface area (Å²) in [7, 11) is 10.4. The van der Waals surface area contributed by atoms with Gasteiger partial charge in [-0.05, 0) is 198 Å². The molecule has 0 spiro atoms. The number of pyridine rings is 10. The van der Waals surface area contributed by atoms with E-state index in [1.165, 1.54) is 121 Å². The van der Waals surface area contributed by atoms with Crippen LogP contribution in [0.5, 0.6) is 0 Å². The quantitative estimate of drug-likeness (QED) is 0.0955. The zero-order valence-corrected chi connectivity index (χ0v) is 70.3. The second-order valence-electron chi connectivity index (χ2n) is 31.3. The van der Waals surface area contributed by atoms with E-state index >= 15 is 0 Å². The number of hydrogen-bond acceptors (Lipinski definition) is 5. The Balaban J connectivity index is 0.000000133. The van der Waals surface area contributed by atoms with Gasteiger partial charge in [-0.1, -0.05) is 169 Å². The lowest BCUT2D eigenvalue weighted by Crippen LogP contribution is -2.30. The summed E-state index contributed by atoms with van der Waals surface area (Å²) in [6.45, 7) is 23.7. The molecule has 1 saturated carbocycles. The Morgan fingerprint density at radius 3 is 0.930 bits per heavy atom. The Morgan fingerprint density at radius 2 is 0.600 bits per heavy atom. The number of aryl methyl sites for hydroxylation is 12. The molecule has 578 valence electrons. The fraction of sp³-hybridized carbons (Fsp3) is 0.238. The van der Waals surface area contributed by atoms with Gasteiger partial charge in [-0.25, -0.2) is 22.8 Å². The standard InChI is InChI=1S/C23H25N2.C22H25N2.C21H23N2.C20H21N2.C19H19N2/c1-17-8-3-6-11-20(17)23-16-19(14-15-25(23)2)22-13-7-12-21(24-22)18-9-4-5-10-18;1-16(2)14-19-9-7-11-21(23-19)18-12-13-24(4)22(15-18)20-10-6-5-8-17(20)3;1-15(2)19-10-7-11-20(22-19)17-12-13-23(4)21(14-17)18-9-6-5-8-16(18)3;1-4-17-9-7-11-19(21-17)16-12-13-22(3)20(14-16)18-10-6-5-8-15(18)2;1-14-7-4-5-9-17(14)19-13-16(11-12-21(19)3)18-10-6-8-15(2)20-18/h3,6-8,11-16,18H,4-5,9-10H2,1-2H3;5-13,15-16H,14H2,1-4H3;5-15H,1-4H3;5-14H,4H2,1-3H3;4-13H,1-3H3/q5*+1. The number of hydrogen-bond donors (Lipinski definition) is 0.